The number of likely N-dealkylation sites (N-methyl/N-ethyl adjacent to an activating group) is 1. The van der Waals surface area contributed by atoms with Crippen LogP contribution in [0.4, 0.5) is 0 Å². The van der Waals surface area contributed by atoms with E-state index in [9.17, 15) is 8.42 Å². The van der Waals surface area contributed by atoms with Crippen molar-refractivity contribution in [3.8, 4) is 0 Å². The fraction of sp³-hybridized carbons (Fsp3) is 0.455. The Morgan fingerprint density at radius 1 is 1.28 bits per heavy atom. The summed E-state index contributed by atoms with van der Waals surface area (Å²) in [5.41, 5.74) is 0.862. The molecule has 0 aliphatic rings. The van der Waals surface area contributed by atoms with E-state index >= 15 is 0 Å². The smallest absolute Gasteiger partial charge is 0.242 e. The highest BCUT2D eigenvalue weighted by molar-refractivity contribution is 7.89. The summed E-state index contributed by atoms with van der Waals surface area (Å²) in [7, 11) is -3.52. The van der Waals surface area contributed by atoms with Gasteiger partial charge in [-0.25, -0.2) is 13.1 Å². The fourth-order valence-electron chi connectivity index (χ4n) is 1.34. The Labute approximate surface area is 120 Å². The van der Waals surface area contributed by atoms with E-state index in [1.165, 1.54) is 0 Å². The van der Waals surface area contributed by atoms with E-state index in [4.69, 9.17) is 11.6 Å². The van der Waals surface area contributed by atoms with Crippen molar-refractivity contribution >= 4 is 34.0 Å². The fourth-order valence-corrected chi connectivity index (χ4v) is 2.96. The molecule has 0 atom stereocenters. The van der Waals surface area contributed by atoms with Gasteiger partial charge in [-0.05, 0) is 31.2 Å². The lowest BCUT2D eigenvalue weighted by Crippen LogP contribution is -2.31. The molecule has 1 aromatic carbocycles. The number of nitrogens with one attached hydrogen (secondary N) is 2. The molecule has 0 saturated heterocycles. The Morgan fingerprint density at radius 2 is 1.94 bits per heavy atom. The summed E-state index contributed by atoms with van der Waals surface area (Å²) >= 11 is 5.89. The van der Waals surface area contributed by atoms with E-state index in [1.54, 1.807) is 18.2 Å². The van der Waals surface area contributed by atoms with Gasteiger partial charge in [-0.15, -0.1) is 12.4 Å². The highest BCUT2D eigenvalue weighted by atomic mass is 35.5. The van der Waals surface area contributed by atoms with Crippen LogP contribution in [-0.4, -0.2) is 28.1 Å². The van der Waals surface area contributed by atoms with Crippen LogP contribution < -0.4 is 10.0 Å². The summed E-state index contributed by atoms with van der Waals surface area (Å²) < 4.78 is 26.4. The monoisotopic (exact) mass is 312 g/mol. The zero-order valence-electron chi connectivity index (χ0n) is 10.4. The first-order valence-electron chi connectivity index (χ1n) is 5.44. The number of sulfonamides is 1. The molecule has 0 unspecified atom stereocenters. The molecule has 7 heteroatoms. The molecule has 1 aromatic rings. The zero-order chi connectivity index (χ0) is 12.9. The lowest BCUT2D eigenvalue weighted by atomic mass is 10.2. The maximum atomic E-state index is 11.9. The SMILES string of the molecule is CCNCCNS(=O)(=O)c1cc(C)ccc1Cl.Cl. The number of hydrogen-bond donors (Lipinski definition) is 2. The quantitative estimate of drug-likeness (QED) is 0.789. The predicted molar refractivity (Wildman–Crippen MR) is 77.2 cm³/mol. The van der Waals surface area contributed by atoms with E-state index < -0.39 is 10.0 Å². The number of halogens is 2. The summed E-state index contributed by atoms with van der Waals surface area (Å²) in [6.07, 6.45) is 0. The Kier molecular flexibility index (Phi) is 7.82. The predicted octanol–water partition coefficient (Wildman–Crippen LogP) is 1.96. The first-order valence-corrected chi connectivity index (χ1v) is 7.30. The summed E-state index contributed by atoms with van der Waals surface area (Å²) in [6, 6.07) is 4.94. The Bertz CT molecular complexity index is 478. The first-order chi connectivity index (χ1) is 7.97. The third-order valence-corrected chi connectivity index (χ3v) is 4.16. The number of hydrogen-bond acceptors (Lipinski definition) is 3. The maximum absolute atomic E-state index is 11.9. The molecule has 4 nitrogen and oxygen atoms in total. The van der Waals surface area contributed by atoms with Crippen LogP contribution in [0.3, 0.4) is 0 Å². The minimum absolute atomic E-state index is 0. The molecular weight excluding hydrogens is 295 g/mol. The molecule has 18 heavy (non-hydrogen) atoms. The molecule has 1 rings (SSSR count). The van der Waals surface area contributed by atoms with Crippen LogP contribution in [-0.2, 0) is 10.0 Å². The van der Waals surface area contributed by atoms with Crippen LogP contribution in [0.5, 0.6) is 0 Å². The second kappa shape index (κ2) is 7.96. The van der Waals surface area contributed by atoms with Gasteiger partial charge >= 0.3 is 0 Å². The van der Waals surface area contributed by atoms with E-state index in [0.29, 0.717) is 13.1 Å². The molecule has 0 aromatic heterocycles. The van der Waals surface area contributed by atoms with Crippen molar-refractivity contribution in [1.82, 2.24) is 10.0 Å². The Morgan fingerprint density at radius 3 is 2.56 bits per heavy atom. The first kappa shape index (κ1) is 17.7. The Hall–Kier alpha value is -0.330. The van der Waals surface area contributed by atoms with E-state index in [0.717, 1.165) is 12.1 Å². The molecule has 0 spiro atoms. The third kappa shape index (κ3) is 5.12. The van der Waals surface area contributed by atoms with Gasteiger partial charge in [0.2, 0.25) is 10.0 Å². The number of rotatable bonds is 6. The van der Waals surface area contributed by atoms with Gasteiger partial charge in [-0.2, -0.15) is 0 Å². The van der Waals surface area contributed by atoms with Crippen molar-refractivity contribution in [1.29, 1.82) is 0 Å². The molecule has 0 saturated carbocycles. The molecule has 0 aliphatic carbocycles. The van der Waals surface area contributed by atoms with Crippen LogP contribution in [0, 0.1) is 6.92 Å². The van der Waals surface area contributed by atoms with Crippen LogP contribution in [0.25, 0.3) is 0 Å². The lowest BCUT2D eigenvalue weighted by Gasteiger charge is -2.09. The molecular formula is C11H18Cl2N2O2S. The van der Waals surface area contributed by atoms with Gasteiger partial charge in [0.15, 0.2) is 0 Å². The maximum Gasteiger partial charge on any atom is 0.242 e. The summed E-state index contributed by atoms with van der Waals surface area (Å²) in [5, 5.41) is 3.28. The summed E-state index contributed by atoms with van der Waals surface area (Å²) in [4.78, 5) is 0.135. The van der Waals surface area contributed by atoms with Crippen LogP contribution in [0.15, 0.2) is 23.1 Å². The molecule has 0 aliphatic heterocycles. The van der Waals surface area contributed by atoms with Crippen molar-refractivity contribution in [3.63, 3.8) is 0 Å². The second-order valence-electron chi connectivity index (χ2n) is 3.69. The van der Waals surface area contributed by atoms with E-state index in [-0.39, 0.29) is 22.3 Å². The molecule has 0 bridgehead atoms. The third-order valence-electron chi connectivity index (χ3n) is 2.22. The van der Waals surface area contributed by atoms with Crippen molar-refractivity contribution in [3.05, 3.63) is 28.8 Å². The van der Waals surface area contributed by atoms with Crippen LogP contribution >= 0.6 is 24.0 Å². The standard InChI is InChI=1S/C11H17ClN2O2S.ClH/c1-3-13-6-7-14-17(15,16)11-8-9(2)4-5-10(11)12;/h4-5,8,13-14H,3,6-7H2,1-2H3;1H. The second-order valence-corrected chi connectivity index (χ2v) is 5.83. The molecule has 0 amide bonds. The highest BCUT2D eigenvalue weighted by Crippen LogP contribution is 2.21. The van der Waals surface area contributed by atoms with Crippen molar-refractivity contribution < 1.29 is 8.42 Å². The van der Waals surface area contributed by atoms with Gasteiger partial charge in [0.1, 0.15) is 4.90 Å². The average molecular weight is 313 g/mol. The zero-order valence-corrected chi connectivity index (χ0v) is 12.8. The highest BCUT2D eigenvalue weighted by Gasteiger charge is 2.17. The van der Waals surface area contributed by atoms with E-state index in [2.05, 4.69) is 10.0 Å². The Balaban J connectivity index is 0.00000289. The number of aryl methyl sites for hydroxylation is 1. The average Bonchev–Trinajstić information content (AvgIpc) is 2.28. The van der Waals surface area contributed by atoms with Crippen molar-refractivity contribution in [2.75, 3.05) is 19.6 Å². The van der Waals surface area contributed by atoms with Gasteiger partial charge in [0.05, 0.1) is 5.02 Å². The van der Waals surface area contributed by atoms with Crippen LogP contribution in [0.2, 0.25) is 5.02 Å². The molecule has 0 heterocycles. The van der Waals surface area contributed by atoms with Gasteiger partial charge in [-0.3, -0.25) is 0 Å². The van der Waals surface area contributed by atoms with Gasteiger partial charge in [0, 0.05) is 13.1 Å². The molecule has 0 fully saturated rings. The van der Waals surface area contributed by atoms with Gasteiger partial charge in [0.25, 0.3) is 0 Å². The minimum Gasteiger partial charge on any atom is -0.316 e. The normalized spacial score (nSPS) is 11.1. The van der Waals surface area contributed by atoms with Gasteiger partial charge in [-0.1, -0.05) is 24.6 Å². The summed E-state index contributed by atoms with van der Waals surface area (Å²) in [6.45, 7) is 5.55. The number of benzene rings is 1. The lowest BCUT2D eigenvalue weighted by molar-refractivity contribution is 0.577. The summed E-state index contributed by atoms with van der Waals surface area (Å²) in [5.74, 6) is 0. The molecule has 2 N–H and O–H groups in total. The van der Waals surface area contributed by atoms with Gasteiger partial charge < -0.3 is 5.32 Å². The van der Waals surface area contributed by atoms with E-state index in [1.807, 2.05) is 13.8 Å². The van der Waals surface area contributed by atoms with Crippen LogP contribution in [0.1, 0.15) is 12.5 Å². The van der Waals surface area contributed by atoms with Crippen molar-refractivity contribution in [2.24, 2.45) is 0 Å². The largest absolute Gasteiger partial charge is 0.316 e. The molecule has 104 valence electrons. The van der Waals surface area contributed by atoms with Crippen molar-refractivity contribution in [2.45, 2.75) is 18.7 Å². The molecule has 0 radical (unpaired) electrons. The minimum atomic E-state index is -3.52. The topological polar surface area (TPSA) is 58.2 Å².